The zero-order valence-corrected chi connectivity index (χ0v) is 17.4. The summed E-state index contributed by atoms with van der Waals surface area (Å²) >= 11 is 1.53. The molecule has 1 atom stereocenters. The topological polar surface area (TPSA) is 80.1 Å². The molecule has 1 heterocycles. The summed E-state index contributed by atoms with van der Waals surface area (Å²) in [6.45, 7) is 3.88. The lowest BCUT2D eigenvalue weighted by molar-refractivity contribution is 0.0610. The van der Waals surface area contributed by atoms with Gasteiger partial charge in [0.15, 0.2) is 0 Å². The molecule has 0 aliphatic heterocycles. The molecule has 2 aromatic carbocycles. The number of hydrogen-bond acceptors (Lipinski definition) is 7. The molecule has 0 saturated carbocycles. The minimum Gasteiger partial charge on any atom is -0.490 e. The third kappa shape index (κ3) is 3.87. The van der Waals surface area contributed by atoms with Gasteiger partial charge < -0.3 is 9.57 Å². The Balaban J connectivity index is 1.66. The van der Waals surface area contributed by atoms with Gasteiger partial charge in [-0.05, 0) is 56.0 Å². The quantitative estimate of drug-likeness (QED) is 0.599. The summed E-state index contributed by atoms with van der Waals surface area (Å²) in [7, 11) is 1.64. The van der Waals surface area contributed by atoms with Crippen molar-refractivity contribution in [3.05, 3.63) is 53.1 Å². The first-order chi connectivity index (χ1) is 14.1. The smallest absolute Gasteiger partial charge is 0.148 e. The van der Waals surface area contributed by atoms with Gasteiger partial charge in [-0.2, -0.15) is 10.7 Å². The number of nitrogens with one attached hydrogen (secondary N) is 1. The van der Waals surface area contributed by atoms with Crippen molar-refractivity contribution in [2.75, 3.05) is 7.11 Å². The van der Waals surface area contributed by atoms with Gasteiger partial charge in [-0.25, -0.2) is 0 Å². The highest BCUT2D eigenvalue weighted by Gasteiger charge is 2.26. The molecule has 7 heteroatoms. The van der Waals surface area contributed by atoms with E-state index >= 15 is 0 Å². The van der Waals surface area contributed by atoms with Crippen LogP contribution in [0.25, 0.3) is 21.1 Å². The Morgan fingerprint density at radius 1 is 1.21 bits per heavy atom. The van der Waals surface area contributed by atoms with Gasteiger partial charge >= 0.3 is 0 Å². The molecule has 0 amide bonds. The normalized spacial score (nSPS) is 15.3. The maximum absolute atomic E-state index is 9.48. The number of benzene rings is 2. The van der Waals surface area contributed by atoms with Crippen molar-refractivity contribution in [2.24, 2.45) is 0 Å². The van der Waals surface area contributed by atoms with E-state index in [0.717, 1.165) is 34.0 Å². The van der Waals surface area contributed by atoms with E-state index in [1.807, 2.05) is 32.0 Å². The lowest BCUT2D eigenvalue weighted by Crippen LogP contribution is -2.17. The first-order valence-electron chi connectivity index (χ1n) is 9.56. The van der Waals surface area contributed by atoms with E-state index in [1.54, 1.807) is 7.11 Å². The summed E-state index contributed by atoms with van der Waals surface area (Å²) in [5, 5.41) is 20.0. The highest BCUT2D eigenvalue weighted by atomic mass is 32.1. The van der Waals surface area contributed by atoms with Crippen molar-refractivity contribution in [1.82, 2.24) is 15.7 Å². The van der Waals surface area contributed by atoms with Crippen LogP contribution in [0.2, 0.25) is 0 Å². The Bertz CT molecular complexity index is 1070. The Morgan fingerprint density at radius 2 is 2.03 bits per heavy atom. The molecular formula is C22H22N4O2S. The minimum absolute atomic E-state index is 0.0117. The van der Waals surface area contributed by atoms with Gasteiger partial charge in [0.1, 0.15) is 21.8 Å². The molecule has 3 aromatic rings. The predicted molar refractivity (Wildman–Crippen MR) is 112 cm³/mol. The maximum atomic E-state index is 9.48. The van der Waals surface area contributed by atoms with Crippen LogP contribution in [0.4, 0.5) is 0 Å². The number of nitrogens with zero attached hydrogens (tertiary/aromatic N) is 3. The van der Waals surface area contributed by atoms with Gasteiger partial charge in [0.05, 0.1) is 24.8 Å². The van der Waals surface area contributed by atoms with Crippen LogP contribution in [0.15, 0.2) is 36.4 Å². The number of hydrogen-bond donors (Lipinski definition) is 1. The second kappa shape index (κ2) is 8.29. The van der Waals surface area contributed by atoms with Crippen LogP contribution in [0, 0.1) is 11.3 Å². The molecule has 0 spiro atoms. The number of fused-ring (bicyclic) bond motifs is 1. The van der Waals surface area contributed by atoms with Gasteiger partial charge in [0.2, 0.25) is 0 Å². The Morgan fingerprint density at radius 3 is 2.79 bits per heavy atom. The summed E-state index contributed by atoms with van der Waals surface area (Å²) in [6.07, 6.45) is 1.98. The predicted octanol–water partition coefficient (Wildman–Crippen LogP) is 4.67. The minimum atomic E-state index is 0.0117. The molecular weight excluding hydrogens is 384 g/mol. The van der Waals surface area contributed by atoms with Crippen molar-refractivity contribution in [3.8, 4) is 33.0 Å². The number of nitriles is 1. The summed E-state index contributed by atoms with van der Waals surface area (Å²) in [4.78, 5) is 5.13. The summed E-state index contributed by atoms with van der Waals surface area (Å²) < 4.78 is 5.71. The van der Waals surface area contributed by atoms with Crippen molar-refractivity contribution >= 4 is 11.3 Å². The fraction of sp³-hybridized carbons (Fsp3) is 0.318. The molecule has 1 aromatic heterocycles. The molecule has 6 nitrogen and oxygen atoms in total. The first kappa shape index (κ1) is 19.5. The van der Waals surface area contributed by atoms with Gasteiger partial charge in [-0.15, -0.1) is 10.2 Å². The Hall–Kier alpha value is -2.79. The molecule has 1 aliphatic rings. The number of rotatable bonds is 6. The highest BCUT2D eigenvalue weighted by molar-refractivity contribution is 7.17. The zero-order valence-electron chi connectivity index (χ0n) is 16.6. The van der Waals surface area contributed by atoms with Crippen molar-refractivity contribution in [2.45, 2.75) is 38.8 Å². The van der Waals surface area contributed by atoms with E-state index in [4.69, 9.17) is 9.57 Å². The van der Waals surface area contributed by atoms with Crippen LogP contribution in [-0.4, -0.2) is 23.4 Å². The Kier molecular flexibility index (Phi) is 5.58. The molecule has 1 N–H and O–H groups in total. The standard InChI is InChI=1S/C22H22N4O2S/c1-13(2)28-20-10-7-14(11-15(20)12-23)21-24-25-22(29-21)18-6-4-5-17-16(18)8-9-19(17)26-27-3/h4-7,10-11,13,19,26H,8-9H2,1-3H3. The molecule has 4 rings (SSSR count). The van der Waals surface area contributed by atoms with E-state index < -0.39 is 0 Å². The molecule has 1 unspecified atom stereocenters. The molecule has 0 fully saturated rings. The van der Waals surface area contributed by atoms with Gasteiger partial charge in [-0.1, -0.05) is 29.5 Å². The average molecular weight is 407 g/mol. The molecule has 0 saturated heterocycles. The molecule has 148 valence electrons. The van der Waals surface area contributed by atoms with E-state index in [2.05, 4.69) is 39.9 Å². The van der Waals surface area contributed by atoms with Crippen LogP contribution < -0.4 is 10.2 Å². The third-order valence-electron chi connectivity index (χ3n) is 4.90. The van der Waals surface area contributed by atoms with Crippen molar-refractivity contribution in [1.29, 1.82) is 5.26 Å². The zero-order chi connectivity index (χ0) is 20.4. The molecule has 0 radical (unpaired) electrons. The lowest BCUT2D eigenvalue weighted by atomic mass is 10.0. The molecule has 29 heavy (non-hydrogen) atoms. The van der Waals surface area contributed by atoms with E-state index in [-0.39, 0.29) is 12.1 Å². The van der Waals surface area contributed by atoms with Crippen molar-refractivity contribution < 1.29 is 9.57 Å². The van der Waals surface area contributed by atoms with Gasteiger partial charge in [0, 0.05) is 11.1 Å². The summed E-state index contributed by atoms with van der Waals surface area (Å²) in [5.74, 6) is 0.591. The monoisotopic (exact) mass is 406 g/mol. The largest absolute Gasteiger partial charge is 0.490 e. The van der Waals surface area contributed by atoms with Crippen LogP contribution in [0.1, 0.15) is 43.0 Å². The van der Waals surface area contributed by atoms with Crippen LogP contribution >= 0.6 is 11.3 Å². The SMILES string of the molecule is CONC1CCc2c(-c3nnc(-c4ccc(OC(C)C)c(C#N)c4)s3)cccc21. The fourth-order valence-electron chi connectivity index (χ4n) is 3.68. The number of aromatic nitrogens is 2. The fourth-order valence-corrected chi connectivity index (χ4v) is 4.57. The average Bonchev–Trinajstić information content (AvgIpc) is 3.36. The summed E-state index contributed by atoms with van der Waals surface area (Å²) in [5.41, 5.74) is 8.10. The van der Waals surface area contributed by atoms with E-state index in [1.165, 1.54) is 22.5 Å². The lowest BCUT2D eigenvalue weighted by Gasteiger charge is -2.12. The Labute approximate surface area is 174 Å². The van der Waals surface area contributed by atoms with Crippen molar-refractivity contribution in [3.63, 3.8) is 0 Å². The van der Waals surface area contributed by atoms with Gasteiger partial charge in [-0.3, -0.25) is 0 Å². The van der Waals surface area contributed by atoms with Crippen LogP contribution in [0.5, 0.6) is 5.75 Å². The second-order valence-electron chi connectivity index (χ2n) is 7.19. The van der Waals surface area contributed by atoms with E-state index in [0.29, 0.717) is 11.3 Å². The van der Waals surface area contributed by atoms with E-state index in [9.17, 15) is 5.26 Å². The molecule has 0 bridgehead atoms. The second-order valence-corrected chi connectivity index (χ2v) is 8.17. The maximum Gasteiger partial charge on any atom is 0.148 e. The van der Waals surface area contributed by atoms with Crippen LogP contribution in [-0.2, 0) is 11.3 Å². The first-order valence-corrected chi connectivity index (χ1v) is 10.4. The van der Waals surface area contributed by atoms with Gasteiger partial charge in [0.25, 0.3) is 0 Å². The third-order valence-corrected chi connectivity index (χ3v) is 5.90. The van der Waals surface area contributed by atoms with Crippen LogP contribution in [0.3, 0.4) is 0 Å². The highest BCUT2D eigenvalue weighted by Crippen LogP contribution is 2.40. The molecule has 1 aliphatic carbocycles. The number of hydroxylamine groups is 1. The summed E-state index contributed by atoms with van der Waals surface area (Å²) in [6, 6.07) is 14.3. The number of ether oxygens (including phenoxy) is 1.